The van der Waals surface area contributed by atoms with Crippen molar-refractivity contribution < 1.29 is 4.74 Å². The highest BCUT2D eigenvalue weighted by Gasteiger charge is 2.28. The minimum absolute atomic E-state index is 0.119. The van der Waals surface area contributed by atoms with Crippen molar-refractivity contribution in [1.82, 2.24) is 10.3 Å². The Morgan fingerprint density at radius 1 is 1.50 bits per heavy atom. The van der Waals surface area contributed by atoms with Crippen LogP contribution in [-0.4, -0.2) is 36.3 Å². The first-order valence-corrected chi connectivity index (χ1v) is 7.68. The van der Waals surface area contributed by atoms with Gasteiger partial charge in [-0.15, -0.1) is 0 Å². The summed E-state index contributed by atoms with van der Waals surface area (Å²) in [6.45, 7) is 7.54. The predicted octanol–water partition coefficient (Wildman–Crippen LogP) is 2.60. The third kappa shape index (κ3) is 3.43. The van der Waals surface area contributed by atoms with Gasteiger partial charge in [-0.1, -0.05) is 11.6 Å². The van der Waals surface area contributed by atoms with Crippen LogP contribution in [0.25, 0.3) is 0 Å². The Balaban J connectivity index is 1.73. The summed E-state index contributed by atoms with van der Waals surface area (Å²) in [6, 6.07) is 2.80. The SMILES string of the molecule is CC1(C)CN(c2cc(CNC3CC3)c(Cl)cn2)CCO1. The summed E-state index contributed by atoms with van der Waals surface area (Å²) in [5.74, 6) is 0.998. The number of aromatic nitrogens is 1. The van der Waals surface area contributed by atoms with Crippen molar-refractivity contribution in [2.24, 2.45) is 0 Å². The number of ether oxygens (including phenoxy) is 1. The van der Waals surface area contributed by atoms with Gasteiger partial charge in [0.15, 0.2) is 0 Å². The van der Waals surface area contributed by atoms with Crippen LogP contribution in [-0.2, 0) is 11.3 Å². The van der Waals surface area contributed by atoms with E-state index in [-0.39, 0.29) is 5.60 Å². The van der Waals surface area contributed by atoms with Gasteiger partial charge in [0.1, 0.15) is 5.82 Å². The van der Waals surface area contributed by atoms with Gasteiger partial charge in [-0.2, -0.15) is 0 Å². The van der Waals surface area contributed by atoms with E-state index in [0.717, 1.165) is 42.6 Å². The molecule has 2 heterocycles. The summed E-state index contributed by atoms with van der Waals surface area (Å²) in [5, 5.41) is 4.25. The molecule has 4 nitrogen and oxygen atoms in total. The molecule has 1 aromatic rings. The fourth-order valence-corrected chi connectivity index (χ4v) is 2.70. The van der Waals surface area contributed by atoms with Crippen molar-refractivity contribution in [3.63, 3.8) is 0 Å². The lowest BCUT2D eigenvalue weighted by molar-refractivity contribution is -0.0279. The largest absolute Gasteiger partial charge is 0.372 e. The third-order valence-corrected chi connectivity index (χ3v) is 4.17. The summed E-state index contributed by atoms with van der Waals surface area (Å²) in [7, 11) is 0. The molecule has 2 fully saturated rings. The number of hydrogen-bond donors (Lipinski definition) is 1. The average Bonchev–Trinajstić information content (AvgIpc) is 3.20. The zero-order chi connectivity index (χ0) is 14.2. The van der Waals surface area contributed by atoms with Crippen molar-refractivity contribution in [2.45, 2.75) is 44.9 Å². The predicted molar refractivity (Wildman–Crippen MR) is 81.4 cm³/mol. The van der Waals surface area contributed by atoms with Crippen LogP contribution in [0.4, 0.5) is 5.82 Å². The van der Waals surface area contributed by atoms with Gasteiger partial charge >= 0.3 is 0 Å². The standard InChI is InChI=1S/C15H22ClN3O/c1-15(2)10-19(5-6-20-15)14-7-11(13(16)9-18-14)8-17-12-3-4-12/h7,9,12,17H,3-6,8,10H2,1-2H3. The maximum atomic E-state index is 6.25. The molecule has 110 valence electrons. The molecular formula is C15H22ClN3O. The first-order valence-electron chi connectivity index (χ1n) is 7.30. The highest BCUT2D eigenvalue weighted by atomic mass is 35.5. The van der Waals surface area contributed by atoms with Crippen molar-refractivity contribution in [3.8, 4) is 0 Å². The molecule has 1 N–H and O–H groups in total. The molecule has 0 atom stereocenters. The van der Waals surface area contributed by atoms with E-state index in [1.165, 1.54) is 12.8 Å². The van der Waals surface area contributed by atoms with Crippen molar-refractivity contribution in [2.75, 3.05) is 24.6 Å². The summed E-state index contributed by atoms with van der Waals surface area (Å²) >= 11 is 6.25. The number of rotatable bonds is 4. The van der Waals surface area contributed by atoms with Crippen LogP contribution in [0, 0.1) is 0 Å². The molecule has 5 heteroatoms. The lowest BCUT2D eigenvalue weighted by atomic mass is 10.1. The molecule has 1 aliphatic heterocycles. The molecule has 0 unspecified atom stereocenters. The van der Waals surface area contributed by atoms with E-state index in [4.69, 9.17) is 16.3 Å². The van der Waals surface area contributed by atoms with Gasteiger partial charge in [-0.25, -0.2) is 4.98 Å². The number of nitrogens with one attached hydrogen (secondary N) is 1. The summed E-state index contributed by atoms with van der Waals surface area (Å²) in [4.78, 5) is 6.76. The molecule has 1 aromatic heterocycles. The van der Waals surface area contributed by atoms with Gasteiger partial charge in [0.05, 0.1) is 17.2 Å². The molecule has 1 saturated heterocycles. The monoisotopic (exact) mass is 295 g/mol. The maximum Gasteiger partial charge on any atom is 0.129 e. The fourth-order valence-electron chi connectivity index (χ4n) is 2.53. The van der Waals surface area contributed by atoms with Crippen molar-refractivity contribution in [1.29, 1.82) is 0 Å². The molecule has 1 saturated carbocycles. The van der Waals surface area contributed by atoms with Crippen LogP contribution >= 0.6 is 11.6 Å². The van der Waals surface area contributed by atoms with Crippen LogP contribution in [0.2, 0.25) is 5.02 Å². The molecular weight excluding hydrogens is 274 g/mol. The first kappa shape index (κ1) is 14.1. The van der Waals surface area contributed by atoms with E-state index in [1.54, 1.807) is 6.20 Å². The van der Waals surface area contributed by atoms with Crippen LogP contribution in [0.3, 0.4) is 0 Å². The van der Waals surface area contributed by atoms with Gasteiger partial charge in [0, 0.05) is 31.9 Å². The molecule has 0 radical (unpaired) electrons. The first-order chi connectivity index (χ1) is 9.53. The molecule has 20 heavy (non-hydrogen) atoms. The number of pyridine rings is 1. The maximum absolute atomic E-state index is 6.25. The second-order valence-electron chi connectivity index (χ2n) is 6.32. The molecule has 0 bridgehead atoms. The zero-order valence-corrected chi connectivity index (χ0v) is 12.9. The fraction of sp³-hybridized carbons (Fsp3) is 0.667. The van der Waals surface area contributed by atoms with E-state index >= 15 is 0 Å². The summed E-state index contributed by atoms with van der Waals surface area (Å²) in [6.07, 6.45) is 4.34. The Morgan fingerprint density at radius 2 is 2.30 bits per heavy atom. The number of morpholine rings is 1. The van der Waals surface area contributed by atoms with E-state index in [1.807, 2.05) is 0 Å². The van der Waals surface area contributed by atoms with Crippen LogP contribution in [0.5, 0.6) is 0 Å². The Bertz CT molecular complexity index is 488. The average molecular weight is 296 g/mol. The Morgan fingerprint density at radius 3 is 3.00 bits per heavy atom. The normalized spacial score (nSPS) is 22.1. The van der Waals surface area contributed by atoms with Crippen LogP contribution < -0.4 is 10.2 Å². The second-order valence-corrected chi connectivity index (χ2v) is 6.73. The molecule has 0 aromatic carbocycles. The zero-order valence-electron chi connectivity index (χ0n) is 12.2. The second kappa shape index (κ2) is 5.51. The van der Waals surface area contributed by atoms with Gasteiger partial charge < -0.3 is 15.0 Å². The van der Waals surface area contributed by atoms with Crippen LogP contribution in [0.15, 0.2) is 12.3 Å². The topological polar surface area (TPSA) is 37.4 Å². The van der Waals surface area contributed by atoms with E-state index in [0.29, 0.717) is 6.04 Å². The molecule has 2 aliphatic rings. The smallest absolute Gasteiger partial charge is 0.129 e. The minimum Gasteiger partial charge on any atom is -0.372 e. The van der Waals surface area contributed by atoms with Crippen molar-refractivity contribution >= 4 is 17.4 Å². The lowest BCUT2D eigenvalue weighted by Gasteiger charge is -2.38. The molecule has 0 amide bonds. The quantitative estimate of drug-likeness (QED) is 0.926. The van der Waals surface area contributed by atoms with E-state index in [9.17, 15) is 0 Å². The van der Waals surface area contributed by atoms with Crippen molar-refractivity contribution in [3.05, 3.63) is 22.8 Å². The number of anilines is 1. The Hall–Kier alpha value is -0.840. The van der Waals surface area contributed by atoms with Gasteiger partial charge in [0.25, 0.3) is 0 Å². The number of nitrogens with zero attached hydrogens (tertiary/aromatic N) is 2. The van der Waals surface area contributed by atoms with E-state index in [2.05, 4.69) is 35.1 Å². The summed E-state index contributed by atoms with van der Waals surface area (Å²) in [5.41, 5.74) is 1.01. The Labute approximate surface area is 125 Å². The van der Waals surface area contributed by atoms with Gasteiger partial charge in [0.2, 0.25) is 0 Å². The lowest BCUT2D eigenvalue weighted by Crippen LogP contribution is -2.48. The highest BCUT2D eigenvalue weighted by molar-refractivity contribution is 6.31. The molecule has 0 spiro atoms. The molecule has 1 aliphatic carbocycles. The number of hydrogen-bond acceptors (Lipinski definition) is 4. The van der Waals surface area contributed by atoms with E-state index < -0.39 is 0 Å². The highest BCUT2D eigenvalue weighted by Crippen LogP contribution is 2.26. The van der Waals surface area contributed by atoms with Crippen LogP contribution in [0.1, 0.15) is 32.3 Å². The summed E-state index contributed by atoms with van der Waals surface area (Å²) < 4.78 is 5.75. The minimum atomic E-state index is -0.119. The molecule has 3 rings (SSSR count). The van der Waals surface area contributed by atoms with Gasteiger partial charge in [-0.05, 0) is 38.3 Å². The number of halogens is 1. The third-order valence-electron chi connectivity index (χ3n) is 3.83. The Kier molecular flexibility index (Phi) is 3.89. The van der Waals surface area contributed by atoms with Gasteiger partial charge in [-0.3, -0.25) is 0 Å².